The van der Waals surface area contributed by atoms with Gasteiger partial charge in [-0.15, -0.1) is 0 Å². The first-order chi connectivity index (χ1) is 6.64. The number of hydrogen-bond donors (Lipinski definition) is 1. The van der Waals surface area contributed by atoms with E-state index < -0.39 is 0 Å². The summed E-state index contributed by atoms with van der Waals surface area (Å²) in [5.41, 5.74) is 0.266. The Bertz CT molecular complexity index is 155. The lowest BCUT2D eigenvalue weighted by Gasteiger charge is -2.30. The van der Waals surface area contributed by atoms with Gasteiger partial charge in [0.25, 0.3) is 0 Å². The summed E-state index contributed by atoms with van der Waals surface area (Å²) in [6.07, 6.45) is 3.62. The zero-order valence-electron chi connectivity index (χ0n) is 9.31. The molecule has 1 aliphatic rings. The fraction of sp³-hybridized carbons (Fsp3) is 1.00. The van der Waals surface area contributed by atoms with E-state index in [0.29, 0.717) is 0 Å². The SMILES string of the molecule is CC(C)(CCBr)NCC1CCOCC1. The molecule has 0 amide bonds. The Labute approximate surface area is 95.9 Å². The van der Waals surface area contributed by atoms with Crippen molar-refractivity contribution in [2.24, 2.45) is 5.92 Å². The van der Waals surface area contributed by atoms with Crippen LogP contribution in [0.25, 0.3) is 0 Å². The smallest absolute Gasteiger partial charge is 0.0469 e. The molecule has 0 radical (unpaired) electrons. The van der Waals surface area contributed by atoms with Crippen LogP contribution in [0.1, 0.15) is 33.1 Å². The van der Waals surface area contributed by atoms with Gasteiger partial charge in [-0.25, -0.2) is 0 Å². The van der Waals surface area contributed by atoms with Gasteiger partial charge < -0.3 is 10.1 Å². The molecule has 0 atom stereocenters. The first-order valence-corrected chi connectivity index (χ1v) is 6.65. The molecule has 1 heterocycles. The second-order valence-electron chi connectivity index (χ2n) is 4.76. The minimum Gasteiger partial charge on any atom is -0.381 e. The van der Waals surface area contributed by atoms with E-state index >= 15 is 0 Å². The largest absolute Gasteiger partial charge is 0.381 e. The van der Waals surface area contributed by atoms with E-state index in [0.717, 1.165) is 31.0 Å². The van der Waals surface area contributed by atoms with Gasteiger partial charge >= 0.3 is 0 Å². The number of hydrogen-bond acceptors (Lipinski definition) is 2. The molecule has 3 heteroatoms. The molecule has 1 fully saturated rings. The summed E-state index contributed by atoms with van der Waals surface area (Å²) in [6.45, 7) is 7.58. The van der Waals surface area contributed by atoms with Gasteiger partial charge in [0.1, 0.15) is 0 Å². The van der Waals surface area contributed by atoms with Crippen LogP contribution in [0.4, 0.5) is 0 Å². The maximum atomic E-state index is 5.34. The number of halogens is 1. The summed E-state index contributed by atoms with van der Waals surface area (Å²) in [5, 5.41) is 4.71. The van der Waals surface area contributed by atoms with Gasteiger partial charge in [0.2, 0.25) is 0 Å². The van der Waals surface area contributed by atoms with Crippen molar-refractivity contribution in [1.82, 2.24) is 5.32 Å². The number of nitrogens with one attached hydrogen (secondary N) is 1. The predicted molar refractivity (Wildman–Crippen MR) is 64.0 cm³/mol. The normalized spacial score (nSPS) is 19.9. The Morgan fingerprint density at radius 2 is 2.00 bits per heavy atom. The van der Waals surface area contributed by atoms with E-state index in [-0.39, 0.29) is 5.54 Å². The average molecular weight is 264 g/mol. The Morgan fingerprint density at radius 3 is 2.57 bits per heavy atom. The third-order valence-electron chi connectivity index (χ3n) is 2.93. The van der Waals surface area contributed by atoms with Gasteiger partial charge in [-0.3, -0.25) is 0 Å². The Balaban J connectivity index is 2.17. The van der Waals surface area contributed by atoms with Crippen LogP contribution in [-0.2, 0) is 4.74 Å². The molecule has 1 aliphatic heterocycles. The minimum atomic E-state index is 0.266. The van der Waals surface area contributed by atoms with E-state index in [2.05, 4.69) is 35.1 Å². The minimum absolute atomic E-state index is 0.266. The highest BCUT2D eigenvalue weighted by Crippen LogP contribution is 2.16. The average Bonchev–Trinajstić information content (AvgIpc) is 2.17. The van der Waals surface area contributed by atoms with Gasteiger partial charge in [0.15, 0.2) is 0 Å². The van der Waals surface area contributed by atoms with Crippen LogP contribution in [0.2, 0.25) is 0 Å². The van der Waals surface area contributed by atoms with E-state index in [1.807, 2.05) is 0 Å². The van der Waals surface area contributed by atoms with Crippen molar-refractivity contribution >= 4 is 15.9 Å². The van der Waals surface area contributed by atoms with Crippen LogP contribution >= 0.6 is 15.9 Å². The molecule has 0 aromatic carbocycles. The molecule has 2 nitrogen and oxygen atoms in total. The first kappa shape index (κ1) is 12.5. The van der Waals surface area contributed by atoms with E-state index in [1.165, 1.54) is 19.3 Å². The molecule has 0 unspecified atom stereocenters. The third kappa shape index (κ3) is 4.76. The quantitative estimate of drug-likeness (QED) is 0.770. The van der Waals surface area contributed by atoms with Crippen molar-refractivity contribution in [2.75, 3.05) is 25.1 Å². The summed E-state index contributed by atoms with van der Waals surface area (Å²) < 4.78 is 5.34. The molecular formula is C11H22BrNO. The highest BCUT2D eigenvalue weighted by molar-refractivity contribution is 9.09. The molecule has 0 spiro atoms. The standard InChI is InChI=1S/C11H22BrNO/c1-11(2,5-6-12)13-9-10-3-7-14-8-4-10/h10,13H,3-9H2,1-2H3. The van der Waals surface area contributed by atoms with Gasteiger partial charge in [0.05, 0.1) is 0 Å². The highest BCUT2D eigenvalue weighted by atomic mass is 79.9. The van der Waals surface area contributed by atoms with Crippen molar-refractivity contribution in [1.29, 1.82) is 0 Å². The summed E-state index contributed by atoms with van der Waals surface area (Å²) in [5.74, 6) is 0.818. The molecular weight excluding hydrogens is 242 g/mol. The van der Waals surface area contributed by atoms with Gasteiger partial charge in [-0.2, -0.15) is 0 Å². The Hall–Kier alpha value is 0.400. The lowest BCUT2D eigenvalue weighted by Crippen LogP contribution is -2.43. The van der Waals surface area contributed by atoms with Crippen LogP contribution in [0.15, 0.2) is 0 Å². The van der Waals surface area contributed by atoms with E-state index in [4.69, 9.17) is 4.74 Å². The van der Waals surface area contributed by atoms with Gasteiger partial charge in [-0.1, -0.05) is 15.9 Å². The maximum absolute atomic E-state index is 5.34. The summed E-state index contributed by atoms with van der Waals surface area (Å²) >= 11 is 3.49. The topological polar surface area (TPSA) is 21.3 Å². The van der Waals surface area contributed by atoms with Gasteiger partial charge in [-0.05, 0) is 45.6 Å². The molecule has 1 saturated heterocycles. The second kappa shape index (κ2) is 6.09. The zero-order chi connectivity index (χ0) is 10.4. The van der Waals surface area contributed by atoms with Crippen LogP contribution in [0, 0.1) is 5.92 Å². The number of rotatable bonds is 5. The van der Waals surface area contributed by atoms with E-state index in [1.54, 1.807) is 0 Å². The lowest BCUT2D eigenvalue weighted by molar-refractivity contribution is 0.0640. The zero-order valence-corrected chi connectivity index (χ0v) is 10.9. The summed E-state index contributed by atoms with van der Waals surface area (Å²) in [7, 11) is 0. The maximum Gasteiger partial charge on any atom is 0.0469 e. The van der Waals surface area contributed by atoms with Gasteiger partial charge in [0, 0.05) is 24.1 Å². The summed E-state index contributed by atoms with van der Waals surface area (Å²) in [4.78, 5) is 0. The van der Waals surface area contributed by atoms with Crippen molar-refractivity contribution in [2.45, 2.75) is 38.6 Å². The van der Waals surface area contributed by atoms with Crippen molar-refractivity contribution in [3.05, 3.63) is 0 Å². The second-order valence-corrected chi connectivity index (χ2v) is 5.55. The van der Waals surface area contributed by atoms with Crippen molar-refractivity contribution in [3.63, 3.8) is 0 Å². The number of ether oxygens (including phenoxy) is 1. The summed E-state index contributed by atoms with van der Waals surface area (Å²) in [6, 6.07) is 0. The molecule has 1 N–H and O–H groups in total. The fourth-order valence-electron chi connectivity index (χ4n) is 1.70. The Morgan fingerprint density at radius 1 is 1.36 bits per heavy atom. The third-order valence-corrected chi connectivity index (χ3v) is 3.33. The predicted octanol–water partition coefficient (Wildman–Crippen LogP) is 2.57. The molecule has 0 bridgehead atoms. The fourth-order valence-corrected chi connectivity index (χ4v) is 2.69. The molecule has 0 aromatic heterocycles. The van der Waals surface area contributed by atoms with Crippen LogP contribution in [0.5, 0.6) is 0 Å². The molecule has 14 heavy (non-hydrogen) atoms. The first-order valence-electron chi connectivity index (χ1n) is 5.53. The number of alkyl halides is 1. The van der Waals surface area contributed by atoms with E-state index in [9.17, 15) is 0 Å². The van der Waals surface area contributed by atoms with Crippen LogP contribution < -0.4 is 5.32 Å². The molecule has 0 saturated carbocycles. The van der Waals surface area contributed by atoms with Crippen molar-refractivity contribution in [3.8, 4) is 0 Å². The molecule has 0 aliphatic carbocycles. The lowest BCUT2D eigenvalue weighted by atomic mass is 9.96. The monoisotopic (exact) mass is 263 g/mol. The van der Waals surface area contributed by atoms with Crippen molar-refractivity contribution < 1.29 is 4.74 Å². The van der Waals surface area contributed by atoms with Crippen LogP contribution in [0.3, 0.4) is 0 Å². The van der Waals surface area contributed by atoms with Crippen LogP contribution in [-0.4, -0.2) is 30.6 Å². The Kier molecular flexibility index (Phi) is 5.42. The molecule has 1 rings (SSSR count). The molecule has 0 aromatic rings. The highest BCUT2D eigenvalue weighted by Gasteiger charge is 2.19. The molecule has 84 valence electrons.